The fourth-order valence-corrected chi connectivity index (χ4v) is 6.78. The smallest absolute Gasteiger partial charge is 0.104 e. The number of hydrogen-bond donors (Lipinski definition) is 2. The van der Waals surface area contributed by atoms with E-state index in [9.17, 15) is 5.26 Å². The Hall–Kier alpha value is -5.89. The van der Waals surface area contributed by atoms with Gasteiger partial charge in [0.25, 0.3) is 0 Å². The fraction of sp³-hybridized carbons (Fsp3) is 0.0714. The molecule has 6 aromatic carbocycles. The van der Waals surface area contributed by atoms with Crippen molar-refractivity contribution in [2.45, 2.75) is 19.1 Å². The van der Waals surface area contributed by atoms with Crippen LogP contribution in [0.15, 0.2) is 152 Å². The molecule has 0 saturated carbocycles. The molecule has 0 fully saturated rings. The molecule has 0 aliphatic carbocycles. The number of rotatable bonds is 5. The molecule has 1 aromatic heterocycles. The van der Waals surface area contributed by atoms with E-state index in [1.807, 2.05) is 24.3 Å². The Morgan fingerprint density at radius 1 is 0.630 bits per heavy atom. The van der Waals surface area contributed by atoms with Crippen LogP contribution < -0.4 is 10.6 Å². The van der Waals surface area contributed by atoms with E-state index >= 15 is 0 Å². The van der Waals surface area contributed by atoms with Crippen molar-refractivity contribution in [3.8, 4) is 22.9 Å². The van der Waals surface area contributed by atoms with Crippen LogP contribution in [-0.2, 0) is 0 Å². The summed E-state index contributed by atoms with van der Waals surface area (Å²) >= 11 is 0. The highest BCUT2D eigenvalue weighted by molar-refractivity contribution is 6.10. The Labute approximate surface area is 268 Å². The van der Waals surface area contributed by atoms with E-state index in [1.165, 1.54) is 44.1 Å². The third-order valence-corrected chi connectivity index (χ3v) is 9.01. The zero-order valence-corrected chi connectivity index (χ0v) is 25.5. The number of para-hydroxylation sites is 1. The zero-order chi connectivity index (χ0) is 31.0. The average molecular weight is 593 g/mol. The molecule has 0 radical (unpaired) electrons. The van der Waals surface area contributed by atoms with Gasteiger partial charge >= 0.3 is 0 Å². The average Bonchev–Trinajstić information content (AvgIpc) is 3.45. The van der Waals surface area contributed by atoms with Crippen LogP contribution >= 0.6 is 0 Å². The monoisotopic (exact) mass is 592 g/mol. The Kier molecular flexibility index (Phi) is 6.94. The van der Waals surface area contributed by atoms with Gasteiger partial charge in [-0.15, -0.1) is 0 Å². The highest BCUT2D eigenvalue weighted by atomic mass is 15.2. The summed E-state index contributed by atoms with van der Waals surface area (Å²) < 4.78 is 2.39. The number of aromatic nitrogens is 1. The Bertz CT molecular complexity index is 2290. The predicted octanol–water partition coefficient (Wildman–Crippen LogP) is 9.60. The van der Waals surface area contributed by atoms with Crippen LogP contribution in [0.25, 0.3) is 44.3 Å². The summed E-state index contributed by atoms with van der Waals surface area (Å²) in [7, 11) is 0. The maximum atomic E-state index is 9.58. The van der Waals surface area contributed by atoms with Gasteiger partial charge in [0, 0.05) is 22.2 Å². The van der Waals surface area contributed by atoms with Crippen LogP contribution in [0.2, 0.25) is 0 Å². The normalized spacial score (nSPS) is 16.1. The van der Waals surface area contributed by atoms with Crippen LogP contribution in [-0.4, -0.2) is 4.57 Å². The predicted molar refractivity (Wildman–Crippen MR) is 188 cm³/mol. The van der Waals surface area contributed by atoms with Crippen LogP contribution in [0.4, 0.5) is 0 Å². The van der Waals surface area contributed by atoms with Gasteiger partial charge in [0.15, 0.2) is 0 Å². The molecule has 2 atom stereocenters. The summed E-state index contributed by atoms with van der Waals surface area (Å²) in [5, 5.41) is 19.7. The number of nitriles is 1. The highest BCUT2D eigenvalue weighted by Gasteiger charge is 2.25. The number of hydrogen-bond acceptors (Lipinski definition) is 3. The molecule has 0 amide bonds. The molecule has 8 rings (SSSR count). The number of benzene rings is 6. The SMILES string of the molecule is Cc1cc2c3ccccc3n(-c3cccc(C4NC(c5cccc(C#N)c5)=CC(c5ccccc5)N4)c3)c2cc1-c1ccccc1. The van der Waals surface area contributed by atoms with Crippen LogP contribution in [0, 0.1) is 18.3 Å². The van der Waals surface area contributed by atoms with Crippen molar-refractivity contribution < 1.29 is 0 Å². The Morgan fingerprint density at radius 2 is 1.35 bits per heavy atom. The van der Waals surface area contributed by atoms with Crippen molar-refractivity contribution in [1.82, 2.24) is 15.2 Å². The van der Waals surface area contributed by atoms with E-state index in [0.717, 1.165) is 22.5 Å². The summed E-state index contributed by atoms with van der Waals surface area (Å²) in [5.41, 5.74) is 12.1. The van der Waals surface area contributed by atoms with Gasteiger partial charge in [0.05, 0.1) is 28.7 Å². The van der Waals surface area contributed by atoms with Gasteiger partial charge in [0.1, 0.15) is 6.17 Å². The first kappa shape index (κ1) is 27.6. The molecule has 7 aromatic rings. The number of nitrogens with zero attached hydrogens (tertiary/aromatic N) is 2. The third kappa shape index (κ3) is 4.94. The van der Waals surface area contributed by atoms with Crippen LogP contribution in [0.5, 0.6) is 0 Å². The lowest BCUT2D eigenvalue weighted by atomic mass is 9.97. The molecule has 1 aliphatic heterocycles. The minimum absolute atomic E-state index is 0.0125. The van der Waals surface area contributed by atoms with Gasteiger partial charge in [-0.25, -0.2) is 0 Å². The van der Waals surface area contributed by atoms with Crippen LogP contribution in [0.3, 0.4) is 0 Å². The van der Waals surface area contributed by atoms with E-state index in [2.05, 4.69) is 156 Å². The second-order valence-corrected chi connectivity index (χ2v) is 11.9. The minimum Gasteiger partial charge on any atom is -0.366 e. The second kappa shape index (κ2) is 11.6. The third-order valence-electron chi connectivity index (χ3n) is 9.01. The molecular weight excluding hydrogens is 560 g/mol. The molecule has 220 valence electrons. The van der Waals surface area contributed by atoms with Crippen molar-refractivity contribution in [2.75, 3.05) is 0 Å². The lowest BCUT2D eigenvalue weighted by Gasteiger charge is -2.33. The molecule has 2 heterocycles. The van der Waals surface area contributed by atoms with Crippen molar-refractivity contribution in [1.29, 1.82) is 5.26 Å². The van der Waals surface area contributed by atoms with Gasteiger partial charge in [-0.05, 0) is 88.8 Å². The van der Waals surface area contributed by atoms with Crippen molar-refractivity contribution in [3.63, 3.8) is 0 Å². The standard InChI is InChI=1S/C42H32N4/c1-28-22-37-35-20-8-9-21-40(35)46(41(37)25-36(28)30-13-4-2-5-14-30)34-19-11-18-33(24-34)42-44-38(31-15-6-3-7-16-31)26-39(45-42)32-17-10-12-29(23-32)27-43/h2-26,38,42,44-45H,1H3. The Balaban J connectivity index is 1.26. The molecule has 0 bridgehead atoms. The van der Waals surface area contributed by atoms with Crippen molar-refractivity contribution in [3.05, 3.63) is 179 Å². The fourth-order valence-electron chi connectivity index (χ4n) is 6.78. The maximum Gasteiger partial charge on any atom is 0.104 e. The largest absolute Gasteiger partial charge is 0.366 e. The number of nitrogens with one attached hydrogen (secondary N) is 2. The molecule has 2 N–H and O–H groups in total. The zero-order valence-electron chi connectivity index (χ0n) is 25.5. The van der Waals surface area contributed by atoms with E-state index in [4.69, 9.17) is 0 Å². The van der Waals surface area contributed by atoms with Gasteiger partial charge < -0.3 is 9.88 Å². The molecule has 2 unspecified atom stereocenters. The van der Waals surface area contributed by atoms with Gasteiger partial charge in [-0.1, -0.05) is 103 Å². The summed E-state index contributed by atoms with van der Waals surface area (Å²) in [6.07, 6.45) is 2.05. The van der Waals surface area contributed by atoms with Gasteiger partial charge in [-0.3, -0.25) is 5.32 Å². The second-order valence-electron chi connectivity index (χ2n) is 11.9. The summed E-state index contributed by atoms with van der Waals surface area (Å²) in [6.45, 7) is 2.20. The van der Waals surface area contributed by atoms with Crippen molar-refractivity contribution >= 4 is 27.5 Å². The maximum absolute atomic E-state index is 9.58. The van der Waals surface area contributed by atoms with Crippen LogP contribution in [0.1, 0.15) is 40.0 Å². The van der Waals surface area contributed by atoms with E-state index in [1.54, 1.807) is 0 Å². The minimum atomic E-state index is -0.161. The first-order valence-electron chi connectivity index (χ1n) is 15.7. The quantitative estimate of drug-likeness (QED) is 0.209. The summed E-state index contributed by atoms with van der Waals surface area (Å²) in [4.78, 5) is 0. The topological polar surface area (TPSA) is 52.8 Å². The first-order valence-corrected chi connectivity index (χ1v) is 15.7. The molecule has 0 saturated heterocycles. The lowest BCUT2D eigenvalue weighted by molar-refractivity contribution is 0.442. The molecular formula is C42H32N4. The summed E-state index contributed by atoms with van der Waals surface area (Å²) in [6, 6.07) is 53.4. The summed E-state index contributed by atoms with van der Waals surface area (Å²) in [5.74, 6) is 0. The van der Waals surface area contributed by atoms with E-state index < -0.39 is 0 Å². The molecule has 4 heteroatoms. The molecule has 46 heavy (non-hydrogen) atoms. The van der Waals surface area contributed by atoms with Crippen molar-refractivity contribution in [2.24, 2.45) is 0 Å². The van der Waals surface area contributed by atoms with Gasteiger partial charge in [-0.2, -0.15) is 5.26 Å². The first-order chi connectivity index (χ1) is 22.7. The van der Waals surface area contributed by atoms with E-state index in [0.29, 0.717) is 5.56 Å². The van der Waals surface area contributed by atoms with Gasteiger partial charge in [0.2, 0.25) is 0 Å². The Morgan fingerprint density at radius 3 is 2.17 bits per heavy atom. The van der Waals surface area contributed by atoms with E-state index in [-0.39, 0.29) is 12.2 Å². The molecule has 1 aliphatic rings. The number of aryl methyl sites for hydroxylation is 1. The molecule has 4 nitrogen and oxygen atoms in total. The number of fused-ring (bicyclic) bond motifs is 3. The molecule has 0 spiro atoms. The highest BCUT2D eigenvalue weighted by Crippen LogP contribution is 2.37. The lowest BCUT2D eigenvalue weighted by Crippen LogP contribution is -2.39.